The fourth-order valence-electron chi connectivity index (χ4n) is 3.59. The average Bonchev–Trinajstić information content (AvgIpc) is 2.78. The number of likely N-dealkylation sites (tertiary alicyclic amines) is 1. The lowest BCUT2D eigenvalue weighted by Crippen LogP contribution is -2.43. The lowest BCUT2D eigenvalue weighted by molar-refractivity contribution is -0.151. The smallest absolute Gasteiger partial charge is 0.310 e. The molecule has 9 heteroatoms. The van der Waals surface area contributed by atoms with Crippen molar-refractivity contribution in [2.45, 2.75) is 39.5 Å². The van der Waals surface area contributed by atoms with E-state index >= 15 is 0 Å². The first-order valence-corrected chi connectivity index (χ1v) is 10.6. The number of amides is 1. The van der Waals surface area contributed by atoms with Gasteiger partial charge in [-0.3, -0.25) is 14.4 Å². The van der Waals surface area contributed by atoms with Crippen molar-refractivity contribution >= 4 is 11.9 Å². The molecule has 0 aliphatic carbocycles. The maximum absolute atomic E-state index is 12.6. The van der Waals surface area contributed by atoms with Crippen LogP contribution in [0.25, 0.3) is 11.4 Å². The number of benzene rings is 1. The van der Waals surface area contributed by atoms with Gasteiger partial charge in [-0.2, -0.15) is 0 Å². The zero-order chi connectivity index (χ0) is 22.2. The molecule has 1 fully saturated rings. The van der Waals surface area contributed by atoms with E-state index in [4.69, 9.17) is 9.47 Å². The van der Waals surface area contributed by atoms with Gasteiger partial charge in [0.1, 0.15) is 11.4 Å². The molecule has 0 spiro atoms. The molecular formula is C22H28N4O5. The van der Waals surface area contributed by atoms with Crippen molar-refractivity contribution < 1.29 is 19.1 Å². The summed E-state index contributed by atoms with van der Waals surface area (Å²) < 4.78 is 10.5. The molecule has 0 saturated carbocycles. The molecule has 3 rings (SSSR count). The number of aromatic nitrogens is 3. The van der Waals surface area contributed by atoms with Crippen molar-refractivity contribution in [3.8, 4) is 17.1 Å². The summed E-state index contributed by atoms with van der Waals surface area (Å²) in [4.78, 5) is 41.4. The Labute approximate surface area is 180 Å². The van der Waals surface area contributed by atoms with Gasteiger partial charge in [0.05, 0.1) is 19.1 Å². The highest BCUT2D eigenvalue weighted by atomic mass is 16.5. The van der Waals surface area contributed by atoms with Crippen LogP contribution in [-0.2, 0) is 20.7 Å². The Bertz CT molecular complexity index is 974. The number of aromatic amines is 1. The number of nitrogens with one attached hydrogen (secondary N) is 1. The Morgan fingerprint density at radius 3 is 2.81 bits per heavy atom. The highest BCUT2D eigenvalue weighted by Crippen LogP contribution is 2.20. The number of rotatable bonds is 8. The van der Waals surface area contributed by atoms with Crippen LogP contribution in [-0.4, -0.2) is 58.3 Å². The van der Waals surface area contributed by atoms with E-state index in [0.29, 0.717) is 43.4 Å². The van der Waals surface area contributed by atoms with E-state index in [9.17, 15) is 14.4 Å². The van der Waals surface area contributed by atoms with Crippen LogP contribution in [0.1, 0.15) is 38.8 Å². The van der Waals surface area contributed by atoms with Crippen LogP contribution in [0.15, 0.2) is 29.1 Å². The minimum absolute atomic E-state index is 0.108. The largest absolute Gasteiger partial charge is 0.494 e. The summed E-state index contributed by atoms with van der Waals surface area (Å²) in [6, 6.07) is 7.23. The first-order valence-electron chi connectivity index (χ1n) is 10.6. The molecule has 0 radical (unpaired) electrons. The molecule has 2 heterocycles. The van der Waals surface area contributed by atoms with Gasteiger partial charge in [-0.1, -0.05) is 12.1 Å². The van der Waals surface area contributed by atoms with Crippen LogP contribution >= 0.6 is 0 Å². The average molecular weight is 428 g/mol. The first kappa shape index (κ1) is 22.5. The minimum Gasteiger partial charge on any atom is -0.494 e. The van der Waals surface area contributed by atoms with E-state index in [-0.39, 0.29) is 41.9 Å². The molecule has 31 heavy (non-hydrogen) atoms. The van der Waals surface area contributed by atoms with Gasteiger partial charge in [0.15, 0.2) is 5.82 Å². The summed E-state index contributed by atoms with van der Waals surface area (Å²) in [6.07, 6.45) is 1.79. The number of H-pyrrole nitrogens is 1. The van der Waals surface area contributed by atoms with E-state index in [2.05, 4.69) is 15.2 Å². The van der Waals surface area contributed by atoms with E-state index in [1.54, 1.807) is 17.9 Å². The van der Waals surface area contributed by atoms with Crippen molar-refractivity contribution in [3.63, 3.8) is 0 Å². The van der Waals surface area contributed by atoms with Gasteiger partial charge in [-0.15, -0.1) is 10.2 Å². The molecule has 166 valence electrons. The molecule has 1 atom stereocenters. The van der Waals surface area contributed by atoms with Crippen molar-refractivity contribution in [1.82, 2.24) is 20.1 Å². The second-order valence-corrected chi connectivity index (χ2v) is 7.34. The molecule has 0 unspecified atom stereocenters. The number of ether oxygens (including phenoxy) is 2. The number of piperidine rings is 1. The van der Waals surface area contributed by atoms with Gasteiger partial charge in [0.25, 0.3) is 5.56 Å². The third-order valence-corrected chi connectivity index (χ3v) is 5.15. The highest BCUT2D eigenvalue weighted by molar-refractivity contribution is 5.78. The molecule has 1 amide bonds. The Kier molecular flexibility index (Phi) is 7.75. The van der Waals surface area contributed by atoms with Gasteiger partial charge in [0.2, 0.25) is 5.91 Å². The van der Waals surface area contributed by atoms with Gasteiger partial charge < -0.3 is 19.4 Å². The van der Waals surface area contributed by atoms with Crippen LogP contribution in [0.5, 0.6) is 5.75 Å². The zero-order valence-electron chi connectivity index (χ0n) is 17.9. The topological polar surface area (TPSA) is 114 Å². The highest BCUT2D eigenvalue weighted by Gasteiger charge is 2.29. The fraction of sp³-hybridized carbons (Fsp3) is 0.500. The summed E-state index contributed by atoms with van der Waals surface area (Å²) in [5.41, 5.74) is 0.524. The summed E-state index contributed by atoms with van der Waals surface area (Å²) in [6.45, 7) is 5.49. The number of esters is 1. The molecular weight excluding hydrogens is 400 g/mol. The van der Waals surface area contributed by atoms with Gasteiger partial charge in [-0.05, 0) is 38.8 Å². The number of hydrogen-bond donors (Lipinski definition) is 1. The van der Waals surface area contributed by atoms with E-state index in [0.717, 1.165) is 12.8 Å². The van der Waals surface area contributed by atoms with Crippen molar-refractivity contribution in [2.75, 3.05) is 26.3 Å². The third-order valence-electron chi connectivity index (χ3n) is 5.15. The maximum Gasteiger partial charge on any atom is 0.310 e. The number of aryl methyl sites for hydroxylation is 1. The first-order chi connectivity index (χ1) is 15.0. The van der Waals surface area contributed by atoms with Gasteiger partial charge >= 0.3 is 5.97 Å². The molecule has 1 aliphatic rings. The van der Waals surface area contributed by atoms with Crippen molar-refractivity contribution in [3.05, 3.63) is 40.3 Å². The second-order valence-electron chi connectivity index (χ2n) is 7.34. The van der Waals surface area contributed by atoms with E-state index in [1.165, 1.54) is 0 Å². The summed E-state index contributed by atoms with van der Waals surface area (Å²) >= 11 is 0. The maximum atomic E-state index is 12.6. The predicted molar refractivity (Wildman–Crippen MR) is 114 cm³/mol. The van der Waals surface area contributed by atoms with Crippen molar-refractivity contribution in [1.29, 1.82) is 0 Å². The number of nitrogens with zero attached hydrogens (tertiary/aromatic N) is 3. The van der Waals surface area contributed by atoms with Crippen LogP contribution < -0.4 is 10.3 Å². The lowest BCUT2D eigenvalue weighted by atomic mass is 9.98. The quantitative estimate of drug-likeness (QED) is 0.639. The third kappa shape index (κ3) is 5.90. The normalized spacial score (nSPS) is 16.1. The fourth-order valence-corrected chi connectivity index (χ4v) is 3.59. The summed E-state index contributed by atoms with van der Waals surface area (Å²) in [7, 11) is 0. The van der Waals surface area contributed by atoms with Crippen molar-refractivity contribution in [2.24, 2.45) is 5.92 Å². The van der Waals surface area contributed by atoms with Crippen LogP contribution in [0.3, 0.4) is 0 Å². The Hall–Kier alpha value is -3.23. The van der Waals surface area contributed by atoms with Crippen LogP contribution in [0.2, 0.25) is 0 Å². The van der Waals surface area contributed by atoms with E-state index < -0.39 is 0 Å². The minimum atomic E-state index is -0.373. The standard InChI is InChI=1S/C22H28N4O5/c1-3-30-17-9-5-7-15(13-17)20-23-21(28)18(24-25-20)10-11-19(27)26-12-6-8-16(14-26)22(29)31-4-2/h5,7,9,13,16H,3-4,6,8,10-12,14H2,1-2H3,(H,23,25,28)/t16-/m0/s1. The zero-order valence-corrected chi connectivity index (χ0v) is 17.9. The summed E-state index contributed by atoms with van der Waals surface area (Å²) in [5, 5.41) is 8.15. The Morgan fingerprint density at radius 1 is 1.23 bits per heavy atom. The van der Waals surface area contributed by atoms with Gasteiger partial charge in [-0.25, -0.2) is 0 Å². The molecule has 1 aromatic carbocycles. The molecule has 0 bridgehead atoms. The predicted octanol–water partition coefficient (Wildman–Crippen LogP) is 1.96. The monoisotopic (exact) mass is 428 g/mol. The molecule has 1 saturated heterocycles. The second kappa shape index (κ2) is 10.7. The lowest BCUT2D eigenvalue weighted by Gasteiger charge is -2.31. The van der Waals surface area contributed by atoms with Gasteiger partial charge in [0, 0.05) is 31.5 Å². The number of carbonyl (C=O) groups excluding carboxylic acids is 2. The van der Waals surface area contributed by atoms with E-state index in [1.807, 2.05) is 25.1 Å². The van der Waals surface area contributed by atoms with Crippen LogP contribution in [0, 0.1) is 5.92 Å². The van der Waals surface area contributed by atoms with Crippen LogP contribution in [0.4, 0.5) is 0 Å². The molecule has 1 aliphatic heterocycles. The summed E-state index contributed by atoms with van der Waals surface area (Å²) in [5.74, 6) is 0.373. The Morgan fingerprint density at radius 2 is 2.06 bits per heavy atom. The number of carbonyl (C=O) groups is 2. The molecule has 2 aromatic rings. The molecule has 1 N–H and O–H groups in total. The molecule has 9 nitrogen and oxygen atoms in total. The number of hydrogen-bond acceptors (Lipinski definition) is 7. The SMILES string of the molecule is CCOC(=O)[C@H]1CCCN(C(=O)CCc2nnc(-c3cccc(OCC)c3)[nH]c2=O)C1. The molecule has 1 aromatic heterocycles. The Balaban J connectivity index is 1.60.